The fourth-order valence-electron chi connectivity index (χ4n) is 3.39. The van der Waals surface area contributed by atoms with Crippen LogP contribution in [0.15, 0.2) is 60.7 Å². The molecular weight excluding hydrogens is 420 g/mol. The number of fused-ring (bicyclic) bond motifs is 2. The van der Waals surface area contributed by atoms with Gasteiger partial charge in [-0.1, -0.05) is 48.0 Å². The van der Waals surface area contributed by atoms with Gasteiger partial charge in [-0.15, -0.1) is 0 Å². The summed E-state index contributed by atoms with van der Waals surface area (Å²) in [6.45, 7) is -0.519. The van der Waals surface area contributed by atoms with Gasteiger partial charge < -0.3 is 9.47 Å². The maximum absolute atomic E-state index is 12.9. The van der Waals surface area contributed by atoms with E-state index < -0.39 is 24.1 Å². The Labute approximate surface area is 182 Å². The van der Waals surface area contributed by atoms with Crippen molar-refractivity contribution in [3.63, 3.8) is 0 Å². The minimum atomic E-state index is -0.872. The number of rotatable bonds is 5. The largest absolute Gasteiger partial charge is 0.497 e. The second-order valence-electron chi connectivity index (χ2n) is 6.78. The quantitative estimate of drug-likeness (QED) is 0.346. The number of benzene rings is 3. The van der Waals surface area contributed by atoms with E-state index in [2.05, 4.69) is 0 Å². The van der Waals surface area contributed by atoms with Crippen molar-refractivity contribution in [2.45, 2.75) is 0 Å². The Morgan fingerprint density at radius 3 is 2.29 bits per heavy atom. The number of carbonyl (C=O) groups excluding carboxylic acids is 4. The van der Waals surface area contributed by atoms with Crippen molar-refractivity contribution in [3.8, 4) is 5.75 Å². The highest BCUT2D eigenvalue weighted by atomic mass is 35.5. The predicted octanol–water partition coefficient (Wildman–Crippen LogP) is 4.16. The molecule has 1 aliphatic rings. The monoisotopic (exact) mass is 434 g/mol. The van der Waals surface area contributed by atoms with Crippen LogP contribution in [0.2, 0.25) is 5.02 Å². The van der Waals surface area contributed by atoms with E-state index in [-0.39, 0.29) is 38.6 Å². The molecule has 31 heavy (non-hydrogen) atoms. The summed E-state index contributed by atoms with van der Waals surface area (Å²) in [6, 6.07) is 15.5. The molecule has 0 aromatic heterocycles. The standard InChI is InChI=1S/C24H15ClO6/c1-30-14-6-4-5-13(11-14)19(26)12-31-24(29)18-10-9-17-20(21(18)25)23(28)16-8-3-2-7-15(16)22(17)27/h2-11H,12H2,1H3. The molecule has 0 spiro atoms. The number of esters is 1. The molecular formula is C24H15ClO6. The van der Waals surface area contributed by atoms with Crippen LogP contribution in [0.5, 0.6) is 5.75 Å². The molecule has 0 saturated carbocycles. The molecule has 0 atom stereocenters. The molecule has 6 nitrogen and oxygen atoms in total. The summed E-state index contributed by atoms with van der Waals surface area (Å²) in [6.07, 6.45) is 0. The Morgan fingerprint density at radius 2 is 1.58 bits per heavy atom. The van der Waals surface area contributed by atoms with Gasteiger partial charge in [-0.25, -0.2) is 4.79 Å². The summed E-state index contributed by atoms with van der Waals surface area (Å²) >= 11 is 6.34. The molecule has 0 N–H and O–H groups in total. The number of hydrogen-bond acceptors (Lipinski definition) is 6. The van der Waals surface area contributed by atoms with Crippen LogP contribution in [-0.4, -0.2) is 37.0 Å². The number of hydrogen-bond donors (Lipinski definition) is 0. The van der Waals surface area contributed by atoms with Crippen LogP contribution in [0.4, 0.5) is 0 Å². The first-order chi connectivity index (χ1) is 14.9. The van der Waals surface area contributed by atoms with E-state index in [0.717, 1.165) is 0 Å². The van der Waals surface area contributed by atoms with Gasteiger partial charge in [0, 0.05) is 22.3 Å². The minimum Gasteiger partial charge on any atom is -0.497 e. The van der Waals surface area contributed by atoms with Crippen molar-refractivity contribution >= 4 is 34.9 Å². The van der Waals surface area contributed by atoms with Gasteiger partial charge in [-0.3, -0.25) is 14.4 Å². The van der Waals surface area contributed by atoms with Gasteiger partial charge in [0.1, 0.15) is 5.75 Å². The molecule has 1 aliphatic carbocycles. The second-order valence-corrected chi connectivity index (χ2v) is 7.16. The highest BCUT2D eigenvalue weighted by Crippen LogP contribution is 2.34. The first kappa shape index (κ1) is 20.5. The number of ether oxygens (including phenoxy) is 2. The van der Waals surface area contributed by atoms with Gasteiger partial charge in [-0.05, 0) is 24.3 Å². The third kappa shape index (κ3) is 3.62. The van der Waals surface area contributed by atoms with Gasteiger partial charge in [0.05, 0.1) is 23.3 Å². The highest BCUT2D eigenvalue weighted by Gasteiger charge is 2.33. The third-order valence-corrected chi connectivity index (χ3v) is 5.37. The summed E-state index contributed by atoms with van der Waals surface area (Å²) in [5, 5.41) is -0.177. The third-order valence-electron chi connectivity index (χ3n) is 4.98. The number of carbonyl (C=O) groups is 4. The minimum absolute atomic E-state index is 0.0426. The molecule has 0 unspecified atom stereocenters. The van der Waals surface area contributed by atoms with Crippen LogP contribution in [0.3, 0.4) is 0 Å². The molecule has 3 aromatic rings. The molecule has 3 aromatic carbocycles. The van der Waals surface area contributed by atoms with Crippen LogP contribution in [0.25, 0.3) is 0 Å². The topological polar surface area (TPSA) is 86.7 Å². The lowest BCUT2D eigenvalue weighted by atomic mass is 9.83. The molecule has 0 heterocycles. The average molecular weight is 435 g/mol. The summed E-state index contributed by atoms with van der Waals surface area (Å²) < 4.78 is 10.2. The molecule has 4 rings (SSSR count). The Hall–Kier alpha value is -3.77. The molecule has 0 aliphatic heterocycles. The maximum Gasteiger partial charge on any atom is 0.340 e. The fraction of sp³-hybridized carbons (Fsp3) is 0.0833. The number of ketones is 3. The van der Waals surface area contributed by atoms with Gasteiger partial charge in [-0.2, -0.15) is 0 Å². The highest BCUT2D eigenvalue weighted by molar-refractivity contribution is 6.41. The average Bonchev–Trinajstić information content (AvgIpc) is 2.80. The van der Waals surface area contributed by atoms with E-state index in [9.17, 15) is 19.2 Å². The predicted molar refractivity (Wildman–Crippen MR) is 112 cm³/mol. The van der Waals surface area contributed by atoms with Gasteiger partial charge in [0.15, 0.2) is 24.0 Å². The number of halogens is 1. The zero-order valence-corrected chi connectivity index (χ0v) is 17.1. The molecule has 0 fully saturated rings. The van der Waals surface area contributed by atoms with Gasteiger partial charge >= 0.3 is 5.97 Å². The lowest BCUT2D eigenvalue weighted by Crippen LogP contribution is -2.23. The van der Waals surface area contributed by atoms with Crippen LogP contribution in [0, 0.1) is 0 Å². The lowest BCUT2D eigenvalue weighted by molar-refractivity contribution is 0.0474. The first-order valence-corrected chi connectivity index (χ1v) is 9.65. The SMILES string of the molecule is COc1cccc(C(=O)COC(=O)c2ccc3c(c2Cl)C(=O)c2ccccc2C3=O)c1. The van der Waals surface area contributed by atoms with E-state index in [4.69, 9.17) is 21.1 Å². The second kappa shape index (κ2) is 8.16. The Bertz CT molecular complexity index is 1260. The van der Waals surface area contributed by atoms with Crippen molar-refractivity contribution < 1.29 is 28.7 Å². The van der Waals surface area contributed by atoms with Crippen molar-refractivity contribution in [2.24, 2.45) is 0 Å². The van der Waals surface area contributed by atoms with Crippen LogP contribution in [0.1, 0.15) is 52.6 Å². The molecule has 0 radical (unpaired) electrons. The van der Waals surface area contributed by atoms with E-state index in [1.807, 2.05) is 0 Å². The molecule has 154 valence electrons. The Kier molecular flexibility index (Phi) is 5.40. The van der Waals surface area contributed by atoms with Crippen molar-refractivity contribution in [3.05, 3.63) is 99.1 Å². The van der Waals surface area contributed by atoms with E-state index in [1.54, 1.807) is 36.4 Å². The van der Waals surface area contributed by atoms with E-state index >= 15 is 0 Å². The van der Waals surface area contributed by atoms with Gasteiger partial charge in [0.2, 0.25) is 0 Å². The van der Waals surface area contributed by atoms with Crippen molar-refractivity contribution in [1.82, 2.24) is 0 Å². The van der Waals surface area contributed by atoms with E-state index in [1.165, 1.54) is 31.4 Å². The fourth-order valence-corrected chi connectivity index (χ4v) is 3.72. The van der Waals surface area contributed by atoms with Gasteiger partial charge in [0.25, 0.3) is 0 Å². The number of methoxy groups -OCH3 is 1. The Balaban J connectivity index is 1.58. The normalized spacial score (nSPS) is 12.1. The Morgan fingerprint density at radius 1 is 0.871 bits per heavy atom. The summed E-state index contributed by atoms with van der Waals surface area (Å²) in [4.78, 5) is 50.5. The van der Waals surface area contributed by atoms with E-state index in [0.29, 0.717) is 11.3 Å². The smallest absolute Gasteiger partial charge is 0.340 e. The summed E-state index contributed by atoms with van der Waals surface area (Å²) in [5.74, 6) is -1.60. The molecule has 0 bridgehead atoms. The van der Waals surface area contributed by atoms with Crippen molar-refractivity contribution in [1.29, 1.82) is 0 Å². The molecule has 0 amide bonds. The maximum atomic E-state index is 12.9. The van der Waals surface area contributed by atoms with Crippen molar-refractivity contribution in [2.75, 3.05) is 13.7 Å². The summed E-state index contributed by atoms with van der Waals surface area (Å²) in [5.41, 5.74) is 0.813. The number of Topliss-reactive ketones (excluding diaryl/α,β-unsaturated/α-hetero) is 1. The zero-order valence-electron chi connectivity index (χ0n) is 16.3. The summed E-state index contributed by atoms with van der Waals surface area (Å²) in [7, 11) is 1.48. The molecule has 0 saturated heterocycles. The lowest BCUT2D eigenvalue weighted by Gasteiger charge is -2.19. The first-order valence-electron chi connectivity index (χ1n) is 9.27. The van der Waals surface area contributed by atoms with Crippen LogP contribution < -0.4 is 4.74 Å². The molecule has 7 heteroatoms. The van der Waals surface area contributed by atoms with Crippen LogP contribution >= 0.6 is 11.6 Å². The zero-order chi connectivity index (χ0) is 22.1. The van der Waals surface area contributed by atoms with Crippen LogP contribution in [-0.2, 0) is 4.74 Å².